The van der Waals surface area contributed by atoms with Crippen molar-refractivity contribution >= 4 is 17.7 Å². The largest absolute Gasteiger partial charge is 0.460 e. The van der Waals surface area contributed by atoms with Crippen LogP contribution < -0.4 is 16.0 Å². The van der Waals surface area contributed by atoms with Crippen molar-refractivity contribution in [1.82, 2.24) is 16.0 Å². The van der Waals surface area contributed by atoms with Gasteiger partial charge in [0.1, 0.15) is 6.61 Å². The second-order valence-electron chi connectivity index (χ2n) is 6.69. The molecule has 0 spiro atoms. The Morgan fingerprint density at radius 3 is 2.70 bits per heavy atom. The summed E-state index contributed by atoms with van der Waals surface area (Å²) in [5.41, 5.74) is 0.903. The summed E-state index contributed by atoms with van der Waals surface area (Å²) in [6.45, 7) is 3.65. The van der Waals surface area contributed by atoms with Gasteiger partial charge in [-0.3, -0.25) is 19.7 Å². The number of carbonyl (C=O) groups excluding carboxylic acids is 3. The summed E-state index contributed by atoms with van der Waals surface area (Å²) in [4.78, 5) is 36.3. The molecule has 1 saturated heterocycles. The van der Waals surface area contributed by atoms with Gasteiger partial charge in [-0.05, 0) is 24.9 Å². The zero-order valence-corrected chi connectivity index (χ0v) is 15.8. The topological polar surface area (TPSA) is 96.5 Å². The molecule has 2 atom stereocenters. The number of Topliss-reactive ketones (excluding diaryl/α,β-unsaturated/α-hetero) is 1. The van der Waals surface area contributed by atoms with Crippen molar-refractivity contribution in [2.45, 2.75) is 38.8 Å². The van der Waals surface area contributed by atoms with E-state index in [4.69, 9.17) is 4.74 Å². The average Bonchev–Trinajstić information content (AvgIpc) is 2.72. The highest BCUT2D eigenvalue weighted by atomic mass is 16.5. The quantitative estimate of drug-likeness (QED) is 0.523. The molecule has 1 aliphatic heterocycles. The fourth-order valence-electron chi connectivity index (χ4n) is 2.96. The maximum atomic E-state index is 12.2. The van der Waals surface area contributed by atoms with Crippen molar-refractivity contribution in [3.8, 4) is 0 Å². The highest BCUT2D eigenvalue weighted by Crippen LogP contribution is 2.09. The molecule has 1 heterocycles. The highest BCUT2D eigenvalue weighted by molar-refractivity contribution is 5.86. The molecule has 27 heavy (non-hydrogen) atoms. The first kappa shape index (κ1) is 21.1. The molecule has 0 radical (unpaired) electrons. The first-order valence-electron chi connectivity index (χ1n) is 9.54. The van der Waals surface area contributed by atoms with E-state index >= 15 is 0 Å². The van der Waals surface area contributed by atoms with Gasteiger partial charge in [-0.15, -0.1) is 0 Å². The number of nitrogens with one attached hydrogen (secondary N) is 3. The van der Waals surface area contributed by atoms with E-state index in [1.807, 2.05) is 30.3 Å². The molecule has 1 unspecified atom stereocenters. The van der Waals surface area contributed by atoms with Gasteiger partial charge in [0.05, 0.1) is 18.5 Å². The van der Waals surface area contributed by atoms with E-state index in [9.17, 15) is 14.4 Å². The van der Waals surface area contributed by atoms with Gasteiger partial charge >= 0.3 is 5.97 Å². The van der Waals surface area contributed by atoms with Crippen LogP contribution in [0.2, 0.25) is 0 Å². The molecule has 148 valence electrons. The molecular formula is C20H29N3O4. The second-order valence-corrected chi connectivity index (χ2v) is 6.69. The van der Waals surface area contributed by atoms with Crippen molar-refractivity contribution in [2.24, 2.45) is 5.92 Å². The number of ketones is 1. The first-order chi connectivity index (χ1) is 13.1. The Morgan fingerprint density at radius 2 is 2.04 bits per heavy atom. The van der Waals surface area contributed by atoms with Gasteiger partial charge in [0.25, 0.3) is 0 Å². The fourth-order valence-corrected chi connectivity index (χ4v) is 2.96. The van der Waals surface area contributed by atoms with E-state index < -0.39 is 12.0 Å². The smallest absolute Gasteiger partial charge is 0.320 e. The zero-order chi connectivity index (χ0) is 19.5. The van der Waals surface area contributed by atoms with Gasteiger partial charge in [0.15, 0.2) is 5.78 Å². The molecule has 0 bridgehead atoms. The molecule has 1 aromatic carbocycles. The number of piperidine rings is 1. The van der Waals surface area contributed by atoms with Crippen LogP contribution in [0.5, 0.6) is 0 Å². The number of carbonyl (C=O) groups is 3. The summed E-state index contributed by atoms with van der Waals surface area (Å²) < 4.78 is 5.20. The van der Waals surface area contributed by atoms with E-state index in [1.54, 1.807) is 6.92 Å². The van der Waals surface area contributed by atoms with Crippen molar-refractivity contribution in [1.29, 1.82) is 0 Å². The van der Waals surface area contributed by atoms with E-state index in [2.05, 4.69) is 16.0 Å². The van der Waals surface area contributed by atoms with E-state index in [-0.39, 0.29) is 37.3 Å². The first-order valence-corrected chi connectivity index (χ1v) is 9.54. The van der Waals surface area contributed by atoms with Crippen molar-refractivity contribution in [2.75, 3.05) is 26.2 Å². The Hall–Kier alpha value is -2.25. The Bertz CT molecular complexity index is 615. The maximum Gasteiger partial charge on any atom is 0.320 e. The molecular weight excluding hydrogens is 346 g/mol. The Labute approximate surface area is 160 Å². The predicted molar refractivity (Wildman–Crippen MR) is 102 cm³/mol. The molecule has 0 saturated carbocycles. The lowest BCUT2D eigenvalue weighted by Gasteiger charge is -2.23. The van der Waals surface area contributed by atoms with Crippen LogP contribution in [-0.2, 0) is 25.7 Å². The lowest BCUT2D eigenvalue weighted by molar-refractivity contribution is -0.144. The SMILES string of the molecule is CCC(=O)[C@H](CNC(=O)C1CCCNC1)NCC(=O)OCc1ccccc1. The maximum absolute atomic E-state index is 12.2. The summed E-state index contributed by atoms with van der Waals surface area (Å²) in [5, 5.41) is 8.95. The molecule has 7 nitrogen and oxygen atoms in total. The van der Waals surface area contributed by atoms with Crippen LogP contribution in [-0.4, -0.2) is 49.9 Å². The molecule has 7 heteroatoms. The summed E-state index contributed by atoms with van der Waals surface area (Å²) in [6, 6.07) is 8.80. The fraction of sp³-hybridized carbons (Fsp3) is 0.550. The lowest BCUT2D eigenvalue weighted by atomic mass is 9.98. The van der Waals surface area contributed by atoms with Crippen LogP contribution in [0.4, 0.5) is 0 Å². The number of benzene rings is 1. The van der Waals surface area contributed by atoms with Gasteiger partial charge in [0, 0.05) is 19.5 Å². The summed E-state index contributed by atoms with van der Waals surface area (Å²) in [5.74, 6) is -0.597. The van der Waals surface area contributed by atoms with Crippen LogP contribution in [0.15, 0.2) is 30.3 Å². The minimum absolute atomic E-state index is 0.0482. The third kappa shape index (κ3) is 7.48. The predicted octanol–water partition coefficient (Wildman–Crippen LogP) is 0.783. The molecule has 1 amide bonds. The average molecular weight is 375 g/mol. The molecule has 1 aromatic rings. The molecule has 3 N–H and O–H groups in total. The van der Waals surface area contributed by atoms with Gasteiger partial charge < -0.3 is 15.4 Å². The normalized spacial score (nSPS) is 17.7. The van der Waals surface area contributed by atoms with E-state index in [0.29, 0.717) is 13.0 Å². The van der Waals surface area contributed by atoms with Crippen LogP contribution in [0.25, 0.3) is 0 Å². The van der Waals surface area contributed by atoms with Gasteiger partial charge in [0.2, 0.25) is 5.91 Å². The monoisotopic (exact) mass is 375 g/mol. The second kappa shape index (κ2) is 11.5. The molecule has 0 aliphatic carbocycles. The molecule has 1 fully saturated rings. The van der Waals surface area contributed by atoms with Crippen molar-refractivity contribution in [3.63, 3.8) is 0 Å². The molecule has 0 aromatic heterocycles. The number of hydrogen-bond donors (Lipinski definition) is 3. The number of esters is 1. The van der Waals surface area contributed by atoms with Crippen LogP contribution in [0.1, 0.15) is 31.7 Å². The minimum atomic E-state index is -0.597. The lowest BCUT2D eigenvalue weighted by Crippen LogP contribution is -2.50. The van der Waals surface area contributed by atoms with Crippen molar-refractivity contribution < 1.29 is 19.1 Å². The van der Waals surface area contributed by atoms with Crippen LogP contribution >= 0.6 is 0 Å². The highest BCUT2D eigenvalue weighted by Gasteiger charge is 2.23. The van der Waals surface area contributed by atoms with Gasteiger partial charge in [-0.25, -0.2) is 0 Å². The Morgan fingerprint density at radius 1 is 1.26 bits per heavy atom. The van der Waals surface area contributed by atoms with Gasteiger partial charge in [-0.2, -0.15) is 0 Å². The summed E-state index contributed by atoms with van der Waals surface area (Å²) >= 11 is 0. The standard InChI is InChI=1S/C20H29N3O4/c1-2-18(24)17(12-23-20(26)16-9-6-10-21-11-16)22-13-19(25)27-14-15-7-4-3-5-8-15/h3-5,7-8,16-17,21-22H,2,6,9-14H2,1H3,(H,23,26)/t16?,17-/m0/s1. The number of amides is 1. The summed E-state index contributed by atoms with van der Waals surface area (Å²) in [7, 11) is 0. The number of ether oxygens (including phenoxy) is 1. The third-order valence-electron chi connectivity index (χ3n) is 4.62. The third-order valence-corrected chi connectivity index (χ3v) is 4.62. The summed E-state index contributed by atoms with van der Waals surface area (Å²) in [6.07, 6.45) is 2.16. The minimum Gasteiger partial charge on any atom is -0.460 e. The Balaban J connectivity index is 1.75. The van der Waals surface area contributed by atoms with E-state index in [0.717, 1.165) is 24.9 Å². The zero-order valence-electron chi connectivity index (χ0n) is 15.8. The number of rotatable bonds is 10. The van der Waals surface area contributed by atoms with Crippen LogP contribution in [0.3, 0.4) is 0 Å². The number of hydrogen-bond acceptors (Lipinski definition) is 6. The molecule has 1 aliphatic rings. The molecule has 2 rings (SSSR count). The van der Waals surface area contributed by atoms with Crippen molar-refractivity contribution in [3.05, 3.63) is 35.9 Å². The van der Waals surface area contributed by atoms with E-state index in [1.165, 1.54) is 0 Å². The van der Waals surface area contributed by atoms with Crippen LogP contribution in [0, 0.1) is 5.92 Å². The Kier molecular flexibility index (Phi) is 8.94. The van der Waals surface area contributed by atoms with Gasteiger partial charge in [-0.1, -0.05) is 37.3 Å².